The second-order valence-electron chi connectivity index (χ2n) is 19.1. The molecule has 3 aromatic carbocycles. The van der Waals surface area contributed by atoms with Crippen LogP contribution in [0.4, 0.5) is 4.39 Å². The molecule has 1 saturated carbocycles. The highest BCUT2D eigenvalue weighted by molar-refractivity contribution is 7.57. The van der Waals surface area contributed by atoms with Gasteiger partial charge in [-0.1, -0.05) is 61.5 Å². The van der Waals surface area contributed by atoms with Crippen molar-refractivity contribution in [3.63, 3.8) is 0 Å². The molecule has 1 unspecified atom stereocenters. The number of nitrogens with zero attached hydrogens (tertiary/aromatic N) is 3. The first kappa shape index (κ1) is 46.5. The predicted octanol–water partition coefficient (Wildman–Crippen LogP) is 8.21. The SMILES string of the molecule is CCCOC(=O)[C@H](C)NP(=O)(Oc1ccccc1)[C@@H](F)c1ccc2sc(C(=O)N[C@H]3CC[C@H](N(C)CC4COC4)C[C@H]4CC[C@@H](C(=O)N5C[C@H](c6ccccc6)CC56CC6)N4C3=O)cc2c1. The topological polar surface area (TPSA) is 147 Å². The number of fused-ring (bicyclic) bond motifs is 2. The molecule has 4 aliphatic heterocycles. The lowest BCUT2D eigenvalue weighted by atomic mass is 9.93. The van der Waals surface area contributed by atoms with Gasteiger partial charge in [0.15, 0.2) is 0 Å². The van der Waals surface area contributed by atoms with Gasteiger partial charge in [-0.3, -0.25) is 23.7 Å². The molecule has 4 saturated heterocycles. The number of alkyl halides is 1. The molecule has 4 aromatic rings. The van der Waals surface area contributed by atoms with Crippen molar-refractivity contribution < 1.29 is 42.1 Å². The van der Waals surface area contributed by atoms with Gasteiger partial charge in [0.05, 0.1) is 24.7 Å². The number of hydrogen-bond acceptors (Lipinski definition) is 10. The molecule has 0 bridgehead atoms. The van der Waals surface area contributed by atoms with E-state index in [4.69, 9.17) is 14.0 Å². The van der Waals surface area contributed by atoms with Gasteiger partial charge in [0.1, 0.15) is 23.9 Å². The van der Waals surface area contributed by atoms with Gasteiger partial charge in [-0.25, -0.2) is 9.48 Å². The van der Waals surface area contributed by atoms with Gasteiger partial charge >= 0.3 is 13.5 Å². The number of hydrogen-bond donors (Lipinski definition) is 2. The van der Waals surface area contributed by atoms with E-state index in [1.165, 1.54) is 36.0 Å². The molecular weight excluding hydrogens is 881 g/mol. The minimum atomic E-state index is -4.47. The van der Waals surface area contributed by atoms with Gasteiger partial charge < -0.3 is 34.0 Å². The molecule has 1 aliphatic carbocycles. The molecule has 352 valence electrons. The molecule has 5 fully saturated rings. The van der Waals surface area contributed by atoms with Gasteiger partial charge in [0.25, 0.3) is 5.91 Å². The van der Waals surface area contributed by atoms with E-state index in [1.54, 1.807) is 42.5 Å². The normalized spacial score (nSPS) is 25.7. The Hall–Kier alpha value is -4.66. The van der Waals surface area contributed by atoms with E-state index in [0.717, 1.165) is 51.9 Å². The van der Waals surface area contributed by atoms with Gasteiger partial charge in [-0.2, -0.15) is 0 Å². The fraction of sp³-hybridized carbons (Fsp3) is 0.520. The molecule has 3 amide bonds. The molecule has 0 radical (unpaired) electrons. The number of carbonyl (C=O) groups is 4. The number of benzene rings is 3. The molecule has 66 heavy (non-hydrogen) atoms. The van der Waals surface area contributed by atoms with E-state index in [0.29, 0.717) is 53.1 Å². The van der Waals surface area contributed by atoms with Crippen LogP contribution in [0.25, 0.3) is 10.1 Å². The number of para-hydroxylation sites is 1. The number of rotatable bonds is 16. The summed E-state index contributed by atoms with van der Waals surface area (Å²) in [7, 11) is -2.34. The summed E-state index contributed by atoms with van der Waals surface area (Å²) in [6.07, 6.45) is 6.62. The van der Waals surface area contributed by atoms with Gasteiger partial charge in [0, 0.05) is 47.2 Å². The summed E-state index contributed by atoms with van der Waals surface area (Å²) in [5, 5.41) is 6.25. The fourth-order valence-electron chi connectivity index (χ4n) is 10.6. The lowest BCUT2D eigenvalue weighted by Crippen LogP contribution is -2.59. The second-order valence-corrected chi connectivity index (χ2v) is 22.2. The van der Waals surface area contributed by atoms with Crippen molar-refractivity contribution in [3.05, 3.63) is 101 Å². The minimum absolute atomic E-state index is 0.0234. The third-order valence-electron chi connectivity index (χ3n) is 14.3. The second kappa shape index (κ2) is 19.5. The Kier molecular flexibility index (Phi) is 13.7. The summed E-state index contributed by atoms with van der Waals surface area (Å²) >= 11 is 1.21. The van der Waals surface area contributed by atoms with Gasteiger partial charge in [-0.15, -0.1) is 11.3 Å². The lowest BCUT2D eigenvalue weighted by molar-refractivity contribution is -0.148. The Morgan fingerprint density at radius 1 is 1.00 bits per heavy atom. The van der Waals surface area contributed by atoms with Crippen LogP contribution >= 0.6 is 18.9 Å². The summed E-state index contributed by atoms with van der Waals surface area (Å²) in [5.41, 5.74) is 1.11. The average Bonchev–Trinajstić information content (AvgIpc) is 3.58. The summed E-state index contributed by atoms with van der Waals surface area (Å²) in [4.78, 5) is 63.4. The maximum absolute atomic E-state index is 16.7. The van der Waals surface area contributed by atoms with E-state index in [-0.39, 0.29) is 53.3 Å². The molecular formula is C50H61FN5O8PS. The Balaban J connectivity index is 0.949. The number of halogens is 1. The van der Waals surface area contributed by atoms with Crippen molar-refractivity contribution in [3.8, 4) is 5.75 Å². The number of amides is 3. The molecule has 1 spiro atoms. The first-order chi connectivity index (χ1) is 31.8. The van der Waals surface area contributed by atoms with Crippen LogP contribution in [0.3, 0.4) is 0 Å². The molecule has 1 aromatic heterocycles. The van der Waals surface area contributed by atoms with E-state index in [2.05, 4.69) is 39.4 Å². The quantitative estimate of drug-likeness (QED) is 0.0833. The van der Waals surface area contributed by atoms with Gasteiger partial charge in [0.2, 0.25) is 17.7 Å². The predicted molar refractivity (Wildman–Crippen MR) is 251 cm³/mol. The number of nitrogens with one attached hydrogen (secondary N) is 2. The molecule has 5 heterocycles. The maximum atomic E-state index is 16.7. The van der Waals surface area contributed by atoms with Crippen molar-refractivity contribution in [1.29, 1.82) is 0 Å². The molecule has 8 atom stereocenters. The van der Waals surface area contributed by atoms with Crippen LogP contribution < -0.4 is 14.9 Å². The standard InChI is InChI=1S/C50H61FN5O8PS/c1-4-23-63-49(60)32(2)53-65(61,64-40-13-9-6-10-14-40)45(51)35-15-20-43-36(24-35)25-44(66-43)46(57)52-41-18-16-38(54(3)28-33-30-62-31-33)26-39-17-19-42(56(39)47(41)58)48(59)55-29-37(27-50(55)21-22-50)34-11-7-5-8-12-34/h5-15,20,24-25,32-33,37-39,41-42,45H,4,16-19,21-23,26-31H2,1-3H3,(H,52,57)(H,53,61)/t32-,37+,38-,39+,41-,42-,45+,65?/m0/s1. The van der Waals surface area contributed by atoms with Crippen LogP contribution in [0.15, 0.2) is 84.9 Å². The first-order valence-electron chi connectivity index (χ1n) is 23.6. The highest BCUT2D eigenvalue weighted by Gasteiger charge is 2.58. The van der Waals surface area contributed by atoms with Crippen molar-refractivity contribution in [2.75, 3.05) is 40.0 Å². The minimum Gasteiger partial charge on any atom is -0.465 e. The zero-order valence-corrected chi connectivity index (χ0v) is 39.7. The van der Waals surface area contributed by atoms with E-state index in [9.17, 15) is 23.7 Å². The Labute approximate surface area is 390 Å². The van der Waals surface area contributed by atoms with Crippen LogP contribution in [0, 0.1) is 5.92 Å². The van der Waals surface area contributed by atoms with E-state index in [1.807, 2.05) is 30.0 Å². The lowest BCUT2D eigenvalue weighted by Gasteiger charge is -2.42. The number of thiophene rings is 1. The largest absolute Gasteiger partial charge is 0.465 e. The Morgan fingerprint density at radius 3 is 2.44 bits per heavy atom. The number of likely N-dealkylation sites (tertiary alicyclic amines) is 1. The number of esters is 1. The highest BCUT2D eigenvalue weighted by atomic mass is 32.1. The maximum Gasteiger partial charge on any atom is 0.355 e. The summed E-state index contributed by atoms with van der Waals surface area (Å²) in [6.45, 7) is 6.44. The monoisotopic (exact) mass is 941 g/mol. The van der Waals surface area contributed by atoms with Gasteiger partial charge in [-0.05, 0) is 119 Å². The zero-order valence-electron chi connectivity index (χ0n) is 37.9. The zero-order chi connectivity index (χ0) is 46.2. The Bertz CT molecular complexity index is 2450. The van der Waals surface area contributed by atoms with Crippen molar-refractivity contribution in [2.24, 2.45) is 5.92 Å². The third kappa shape index (κ3) is 9.69. The summed E-state index contributed by atoms with van der Waals surface area (Å²) < 4.78 is 48.4. The molecule has 9 rings (SSSR count). The number of ether oxygens (including phenoxy) is 2. The Morgan fingerprint density at radius 2 is 1.74 bits per heavy atom. The molecule has 2 N–H and O–H groups in total. The first-order valence-corrected chi connectivity index (χ1v) is 26.1. The highest BCUT2D eigenvalue weighted by Crippen LogP contribution is 2.58. The summed E-state index contributed by atoms with van der Waals surface area (Å²) in [6, 6.07) is 22.3. The van der Waals surface area contributed by atoms with Crippen LogP contribution in [-0.2, 0) is 28.4 Å². The van der Waals surface area contributed by atoms with Crippen LogP contribution in [0.2, 0.25) is 0 Å². The van der Waals surface area contributed by atoms with Crippen molar-refractivity contribution in [1.82, 2.24) is 25.1 Å². The van der Waals surface area contributed by atoms with Crippen LogP contribution in [0.1, 0.15) is 104 Å². The van der Waals surface area contributed by atoms with E-state index < -0.39 is 43.4 Å². The van der Waals surface area contributed by atoms with Crippen LogP contribution in [0.5, 0.6) is 5.75 Å². The molecule has 16 heteroatoms. The third-order valence-corrected chi connectivity index (χ3v) is 17.6. The van der Waals surface area contributed by atoms with E-state index >= 15 is 4.39 Å². The molecule has 13 nitrogen and oxygen atoms in total. The smallest absolute Gasteiger partial charge is 0.355 e. The van der Waals surface area contributed by atoms with Crippen molar-refractivity contribution >= 4 is 52.6 Å². The van der Waals surface area contributed by atoms with Crippen LogP contribution in [-0.4, -0.2) is 114 Å². The number of carbonyl (C=O) groups excluding carboxylic acids is 4. The molecule has 5 aliphatic rings. The summed E-state index contributed by atoms with van der Waals surface area (Å²) in [5.74, 6) is -2.66. The van der Waals surface area contributed by atoms with Crippen molar-refractivity contribution in [2.45, 2.75) is 119 Å². The average molecular weight is 942 g/mol. The fourth-order valence-corrected chi connectivity index (χ4v) is 13.4.